The van der Waals surface area contributed by atoms with E-state index in [0.717, 1.165) is 6.07 Å². The number of nitrogens with zero attached hydrogens (tertiary/aromatic N) is 3. The monoisotopic (exact) mass is 466 g/mol. The highest BCUT2D eigenvalue weighted by Crippen LogP contribution is 2.32. The number of aromatic nitrogens is 3. The van der Waals surface area contributed by atoms with Gasteiger partial charge in [-0.2, -0.15) is 28.1 Å². The number of halogens is 3. The summed E-state index contributed by atoms with van der Waals surface area (Å²) >= 11 is 0. The van der Waals surface area contributed by atoms with Crippen LogP contribution >= 0.6 is 0 Å². The quantitative estimate of drug-likeness (QED) is 0.367. The molecule has 7 nitrogen and oxygen atoms in total. The number of ether oxygens (including phenoxy) is 1. The van der Waals surface area contributed by atoms with Crippen LogP contribution in [0.2, 0.25) is 0 Å². The number of carbonyl (C=O) groups is 1. The maximum atomic E-state index is 13.3. The number of anilines is 2. The molecule has 0 saturated carbocycles. The van der Waals surface area contributed by atoms with Crippen molar-refractivity contribution in [3.63, 3.8) is 0 Å². The number of aromatic carboxylic acids is 1. The zero-order chi connectivity index (χ0) is 24.1. The van der Waals surface area contributed by atoms with Crippen molar-refractivity contribution in [3.05, 3.63) is 95.6 Å². The standard InChI is InChI=1S/C24H17F3N4O3/c25-24(26,27)19-9-5-4-8-17(19)14-34-23-30-20(15-6-2-1-3-7-15)29-22(31-23)28-18-12-10-16(11-13-18)21(32)33/h1-13H,14H2,(H,32,33)(H,28,29,30,31). The number of hydrogen-bond acceptors (Lipinski definition) is 6. The van der Waals surface area contributed by atoms with Gasteiger partial charge in [0, 0.05) is 16.8 Å². The number of alkyl halides is 3. The second kappa shape index (κ2) is 9.57. The number of nitrogens with one attached hydrogen (secondary N) is 1. The van der Waals surface area contributed by atoms with Crippen LogP contribution in [-0.2, 0) is 12.8 Å². The Kier molecular flexibility index (Phi) is 6.39. The molecular weight excluding hydrogens is 449 g/mol. The van der Waals surface area contributed by atoms with E-state index in [1.54, 1.807) is 24.3 Å². The molecule has 2 N–H and O–H groups in total. The van der Waals surface area contributed by atoms with Gasteiger partial charge in [0.2, 0.25) is 5.95 Å². The molecule has 0 spiro atoms. The Hall–Kier alpha value is -4.47. The van der Waals surface area contributed by atoms with E-state index in [1.165, 1.54) is 42.5 Å². The first-order valence-electron chi connectivity index (χ1n) is 9.99. The summed E-state index contributed by atoms with van der Waals surface area (Å²) < 4.78 is 45.4. The Morgan fingerprint density at radius 3 is 2.24 bits per heavy atom. The van der Waals surface area contributed by atoms with Crippen molar-refractivity contribution in [3.8, 4) is 17.4 Å². The van der Waals surface area contributed by atoms with E-state index in [1.807, 2.05) is 6.07 Å². The van der Waals surface area contributed by atoms with Gasteiger partial charge in [-0.05, 0) is 30.3 Å². The summed E-state index contributed by atoms with van der Waals surface area (Å²) in [5, 5.41) is 12.0. The average Bonchev–Trinajstić information content (AvgIpc) is 2.83. The van der Waals surface area contributed by atoms with Gasteiger partial charge in [0.1, 0.15) is 6.61 Å². The van der Waals surface area contributed by atoms with Crippen LogP contribution in [0, 0.1) is 0 Å². The lowest BCUT2D eigenvalue weighted by atomic mass is 10.1. The largest absolute Gasteiger partial charge is 0.478 e. The topological polar surface area (TPSA) is 97.2 Å². The lowest BCUT2D eigenvalue weighted by Crippen LogP contribution is -2.12. The summed E-state index contributed by atoms with van der Waals surface area (Å²) in [6.07, 6.45) is -4.52. The first-order chi connectivity index (χ1) is 16.3. The molecule has 1 aromatic heterocycles. The van der Waals surface area contributed by atoms with Gasteiger partial charge >= 0.3 is 18.2 Å². The Balaban J connectivity index is 1.64. The minimum Gasteiger partial charge on any atom is -0.478 e. The van der Waals surface area contributed by atoms with Crippen LogP contribution < -0.4 is 10.1 Å². The summed E-state index contributed by atoms with van der Waals surface area (Å²) in [5.74, 6) is -0.733. The molecule has 0 atom stereocenters. The van der Waals surface area contributed by atoms with E-state index in [9.17, 15) is 18.0 Å². The Morgan fingerprint density at radius 2 is 1.56 bits per heavy atom. The van der Waals surface area contributed by atoms with Gasteiger partial charge in [-0.1, -0.05) is 48.5 Å². The maximum Gasteiger partial charge on any atom is 0.416 e. The van der Waals surface area contributed by atoms with Crippen molar-refractivity contribution in [1.29, 1.82) is 0 Å². The summed E-state index contributed by atoms with van der Waals surface area (Å²) in [6, 6.07) is 19.8. The van der Waals surface area contributed by atoms with Crippen LogP contribution in [0.1, 0.15) is 21.5 Å². The van der Waals surface area contributed by atoms with E-state index >= 15 is 0 Å². The van der Waals surface area contributed by atoms with E-state index in [2.05, 4.69) is 20.3 Å². The smallest absolute Gasteiger partial charge is 0.416 e. The highest BCUT2D eigenvalue weighted by molar-refractivity contribution is 5.88. The molecule has 34 heavy (non-hydrogen) atoms. The number of benzene rings is 3. The zero-order valence-electron chi connectivity index (χ0n) is 17.5. The van der Waals surface area contributed by atoms with Crippen LogP contribution in [0.5, 0.6) is 6.01 Å². The zero-order valence-corrected chi connectivity index (χ0v) is 17.5. The molecular formula is C24H17F3N4O3. The summed E-state index contributed by atoms with van der Waals surface area (Å²) in [5.41, 5.74) is 0.400. The van der Waals surface area contributed by atoms with Crippen LogP contribution in [0.3, 0.4) is 0 Å². The van der Waals surface area contributed by atoms with Crippen molar-refractivity contribution in [1.82, 2.24) is 15.0 Å². The third-order valence-corrected chi connectivity index (χ3v) is 4.71. The van der Waals surface area contributed by atoms with Crippen LogP contribution in [0.25, 0.3) is 11.4 Å². The molecule has 0 radical (unpaired) electrons. The third-order valence-electron chi connectivity index (χ3n) is 4.71. The molecule has 0 aliphatic rings. The predicted octanol–water partition coefficient (Wildman–Crippen LogP) is 5.58. The normalized spacial score (nSPS) is 11.1. The first-order valence-corrected chi connectivity index (χ1v) is 9.99. The second-order valence-corrected chi connectivity index (χ2v) is 7.08. The van der Waals surface area contributed by atoms with Gasteiger partial charge in [-0.15, -0.1) is 0 Å². The highest BCUT2D eigenvalue weighted by Gasteiger charge is 2.33. The van der Waals surface area contributed by atoms with Crippen molar-refractivity contribution in [2.45, 2.75) is 12.8 Å². The van der Waals surface area contributed by atoms with E-state index in [-0.39, 0.29) is 28.9 Å². The molecule has 4 rings (SSSR count). The molecule has 172 valence electrons. The van der Waals surface area contributed by atoms with Gasteiger partial charge < -0.3 is 15.2 Å². The minimum absolute atomic E-state index is 0.0598. The molecule has 0 aliphatic heterocycles. The summed E-state index contributed by atoms with van der Waals surface area (Å²) in [6.45, 7) is -0.402. The number of hydrogen-bond donors (Lipinski definition) is 2. The highest BCUT2D eigenvalue weighted by atomic mass is 19.4. The third kappa shape index (κ3) is 5.47. The number of carboxylic acids is 1. The predicted molar refractivity (Wildman–Crippen MR) is 118 cm³/mol. The molecule has 1 heterocycles. The lowest BCUT2D eigenvalue weighted by Gasteiger charge is -2.14. The van der Waals surface area contributed by atoms with E-state index in [0.29, 0.717) is 11.3 Å². The summed E-state index contributed by atoms with van der Waals surface area (Å²) in [4.78, 5) is 23.8. The molecule has 0 amide bonds. The van der Waals surface area contributed by atoms with Gasteiger partial charge in [0.05, 0.1) is 11.1 Å². The van der Waals surface area contributed by atoms with Gasteiger partial charge in [0.25, 0.3) is 0 Å². The Morgan fingerprint density at radius 1 is 0.882 bits per heavy atom. The molecule has 4 aromatic rings. The summed E-state index contributed by atoms with van der Waals surface area (Å²) in [7, 11) is 0. The van der Waals surface area contributed by atoms with Crippen LogP contribution in [0.15, 0.2) is 78.9 Å². The van der Waals surface area contributed by atoms with Gasteiger partial charge in [-0.25, -0.2) is 4.79 Å². The second-order valence-electron chi connectivity index (χ2n) is 7.08. The van der Waals surface area contributed by atoms with Crippen molar-refractivity contribution in [2.24, 2.45) is 0 Å². The SMILES string of the molecule is O=C(O)c1ccc(Nc2nc(OCc3ccccc3C(F)(F)F)nc(-c3ccccc3)n2)cc1. The average molecular weight is 466 g/mol. The molecule has 10 heteroatoms. The fourth-order valence-corrected chi connectivity index (χ4v) is 3.08. The van der Waals surface area contributed by atoms with Crippen molar-refractivity contribution < 1.29 is 27.8 Å². The molecule has 0 aliphatic carbocycles. The van der Waals surface area contributed by atoms with E-state index in [4.69, 9.17) is 9.84 Å². The van der Waals surface area contributed by atoms with Crippen LogP contribution in [0.4, 0.5) is 24.8 Å². The molecule has 0 bridgehead atoms. The van der Waals surface area contributed by atoms with E-state index < -0.39 is 24.3 Å². The maximum absolute atomic E-state index is 13.3. The lowest BCUT2D eigenvalue weighted by molar-refractivity contribution is -0.138. The number of carboxylic acid groups (broad SMARTS) is 1. The van der Waals surface area contributed by atoms with Crippen molar-refractivity contribution in [2.75, 3.05) is 5.32 Å². The van der Waals surface area contributed by atoms with Gasteiger partial charge in [-0.3, -0.25) is 0 Å². The fraction of sp³-hybridized carbons (Fsp3) is 0.0833. The van der Waals surface area contributed by atoms with Crippen molar-refractivity contribution >= 4 is 17.6 Å². The Labute approximate surface area is 191 Å². The number of rotatable bonds is 7. The fourth-order valence-electron chi connectivity index (χ4n) is 3.08. The van der Waals surface area contributed by atoms with Crippen LogP contribution in [-0.4, -0.2) is 26.0 Å². The molecule has 0 unspecified atom stereocenters. The van der Waals surface area contributed by atoms with Gasteiger partial charge in [0.15, 0.2) is 5.82 Å². The minimum atomic E-state index is -4.52. The molecule has 0 fully saturated rings. The molecule has 3 aromatic carbocycles. The molecule has 0 saturated heterocycles. The Bertz CT molecular complexity index is 1300. The first kappa shape index (κ1) is 22.7.